The Hall–Kier alpha value is -1.65. The molecule has 12 heavy (non-hydrogen) atoms. The van der Waals surface area contributed by atoms with Crippen LogP contribution in [0.5, 0.6) is 0 Å². The van der Waals surface area contributed by atoms with Crippen LogP contribution in [0.1, 0.15) is 11.6 Å². The van der Waals surface area contributed by atoms with Crippen LogP contribution in [0, 0.1) is 0 Å². The highest BCUT2D eigenvalue weighted by Gasteiger charge is 2.23. The summed E-state index contributed by atoms with van der Waals surface area (Å²) >= 11 is 0. The van der Waals surface area contributed by atoms with Crippen LogP contribution in [-0.2, 0) is 4.74 Å². The molecule has 2 rings (SSSR count). The van der Waals surface area contributed by atoms with Gasteiger partial charge in [-0.1, -0.05) is 0 Å². The lowest BCUT2D eigenvalue weighted by atomic mass is 10.2. The van der Waals surface area contributed by atoms with Crippen LogP contribution >= 0.6 is 0 Å². The van der Waals surface area contributed by atoms with E-state index in [0.29, 0.717) is 6.61 Å². The molecule has 0 radical (unpaired) electrons. The SMILES string of the molecule is O=C1NC(c2cncnc2)CO1. The number of alkyl carbamates (subject to hydrolysis) is 1. The molecular weight excluding hydrogens is 158 g/mol. The zero-order chi connectivity index (χ0) is 8.39. The van der Waals surface area contributed by atoms with E-state index in [2.05, 4.69) is 15.3 Å². The fraction of sp³-hybridized carbons (Fsp3) is 0.286. The summed E-state index contributed by atoms with van der Waals surface area (Å²) in [7, 11) is 0. The third kappa shape index (κ3) is 1.20. The molecule has 0 spiro atoms. The highest BCUT2D eigenvalue weighted by Crippen LogP contribution is 2.15. The van der Waals surface area contributed by atoms with Crippen LogP contribution in [-0.4, -0.2) is 22.7 Å². The highest BCUT2D eigenvalue weighted by atomic mass is 16.6. The third-order valence-electron chi connectivity index (χ3n) is 1.66. The van der Waals surface area contributed by atoms with E-state index in [9.17, 15) is 4.79 Å². The molecule has 1 fully saturated rings. The first-order chi connectivity index (χ1) is 5.86. The lowest BCUT2D eigenvalue weighted by Gasteiger charge is -2.04. The molecule has 62 valence electrons. The van der Waals surface area contributed by atoms with Crippen molar-refractivity contribution < 1.29 is 9.53 Å². The fourth-order valence-electron chi connectivity index (χ4n) is 1.05. The Morgan fingerprint density at radius 2 is 2.25 bits per heavy atom. The van der Waals surface area contributed by atoms with E-state index in [-0.39, 0.29) is 12.1 Å². The van der Waals surface area contributed by atoms with Gasteiger partial charge in [-0.25, -0.2) is 14.8 Å². The van der Waals surface area contributed by atoms with Crippen LogP contribution in [0.3, 0.4) is 0 Å². The molecule has 0 bridgehead atoms. The van der Waals surface area contributed by atoms with Gasteiger partial charge in [-0.3, -0.25) is 0 Å². The Morgan fingerprint density at radius 3 is 2.83 bits per heavy atom. The van der Waals surface area contributed by atoms with Gasteiger partial charge in [0, 0.05) is 18.0 Å². The Morgan fingerprint density at radius 1 is 1.50 bits per heavy atom. The number of ether oxygens (including phenoxy) is 1. The molecule has 1 amide bonds. The van der Waals surface area contributed by atoms with Gasteiger partial charge in [-0.2, -0.15) is 0 Å². The van der Waals surface area contributed by atoms with Crippen molar-refractivity contribution in [3.63, 3.8) is 0 Å². The van der Waals surface area contributed by atoms with Gasteiger partial charge in [0.15, 0.2) is 0 Å². The first-order valence-corrected chi connectivity index (χ1v) is 3.54. The summed E-state index contributed by atoms with van der Waals surface area (Å²) in [5.74, 6) is 0. The lowest BCUT2D eigenvalue weighted by molar-refractivity contribution is 0.177. The van der Waals surface area contributed by atoms with E-state index in [4.69, 9.17) is 4.74 Å². The van der Waals surface area contributed by atoms with Crippen molar-refractivity contribution >= 4 is 6.09 Å². The highest BCUT2D eigenvalue weighted by molar-refractivity contribution is 5.69. The van der Waals surface area contributed by atoms with Crippen molar-refractivity contribution in [2.45, 2.75) is 6.04 Å². The van der Waals surface area contributed by atoms with Crippen molar-refractivity contribution in [1.29, 1.82) is 0 Å². The average molecular weight is 165 g/mol. The minimum absolute atomic E-state index is 0.0984. The molecule has 5 heteroatoms. The van der Waals surface area contributed by atoms with Gasteiger partial charge in [-0.15, -0.1) is 0 Å². The molecule has 1 aromatic rings. The molecule has 1 saturated heterocycles. The molecular formula is C7H7N3O2. The molecule has 0 aromatic carbocycles. The first-order valence-electron chi connectivity index (χ1n) is 3.54. The van der Waals surface area contributed by atoms with Crippen LogP contribution in [0.2, 0.25) is 0 Å². The van der Waals surface area contributed by atoms with Gasteiger partial charge < -0.3 is 10.1 Å². The van der Waals surface area contributed by atoms with Crippen LogP contribution in [0.25, 0.3) is 0 Å². The van der Waals surface area contributed by atoms with Gasteiger partial charge in [0.25, 0.3) is 0 Å². The van der Waals surface area contributed by atoms with Gasteiger partial charge in [-0.05, 0) is 0 Å². The molecule has 1 aliphatic rings. The smallest absolute Gasteiger partial charge is 0.407 e. The maximum atomic E-state index is 10.7. The molecule has 1 N–H and O–H groups in total. The van der Waals surface area contributed by atoms with Crippen LogP contribution in [0.15, 0.2) is 18.7 Å². The topological polar surface area (TPSA) is 64.1 Å². The zero-order valence-electron chi connectivity index (χ0n) is 6.23. The van der Waals surface area contributed by atoms with E-state index in [1.165, 1.54) is 6.33 Å². The monoisotopic (exact) mass is 165 g/mol. The normalized spacial score (nSPS) is 21.7. The molecule has 1 aliphatic heterocycles. The maximum Gasteiger partial charge on any atom is 0.407 e. The summed E-state index contributed by atoms with van der Waals surface area (Å²) < 4.78 is 4.71. The first kappa shape index (κ1) is 7.02. The number of nitrogens with one attached hydrogen (secondary N) is 1. The molecule has 1 aromatic heterocycles. The van der Waals surface area contributed by atoms with Gasteiger partial charge in [0.05, 0.1) is 6.04 Å². The van der Waals surface area contributed by atoms with Crippen molar-refractivity contribution in [3.05, 3.63) is 24.3 Å². The Bertz CT molecular complexity index is 288. The number of hydrogen-bond donors (Lipinski definition) is 1. The van der Waals surface area contributed by atoms with Crippen molar-refractivity contribution in [3.8, 4) is 0 Å². The van der Waals surface area contributed by atoms with Crippen LogP contribution < -0.4 is 5.32 Å². The summed E-state index contributed by atoms with van der Waals surface area (Å²) in [5.41, 5.74) is 0.864. The average Bonchev–Trinajstić information content (AvgIpc) is 2.54. The number of carbonyl (C=O) groups is 1. The van der Waals surface area contributed by atoms with E-state index >= 15 is 0 Å². The van der Waals surface area contributed by atoms with Crippen molar-refractivity contribution in [2.75, 3.05) is 6.61 Å². The second-order valence-corrected chi connectivity index (χ2v) is 2.47. The van der Waals surface area contributed by atoms with Gasteiger partial charge >= 0.3 is 6.09 Å². The predicted molar refractivity (Wildman–Crippen MR) is 39.3 cm³/mol. The molecule has 5 nitrogen and oxygen atoms in total. The zero-order valence-corrected chi connectivity index (χ0v) is 6.23. The summed E-state index contributed by atoms with van der Waals surface area (Å²) in [6, 6.07) is -0.0984. The molecule has 0 aliphatic carbocycles. The van der Waals surface area contributed by atoms with Crippen LogP contribution in [0.4, 0.5) is 4.79 Å². The van der Waals surface area contributed by atoms with Gasteiger partial charge in [0.2, 0.25) is 0 Å². The van der Waals surface area contributed by atoms with Gasteiger partial charge in [0.1, 0.15) is 12.9 Å². The molecule has 1 unspecified atom stereocenters. The van der Waals surface area contributed by atoms with Crippen molar-refractivity contribution in [1.82, 2.24) is 15.3 Å². The largest absolute Gasteiger partial charge is 0.447 e. The Kier molecular flexibility index (Phi) is 1.62. The third-order valence-corrected chi connectivity index (χ3v) is 1.66. The second kappa shape index (κ2) is 2.77. The predicted octanol–water partition coefficient (Wildman–Crippen LogP) is 0.258. The standard InChI is InChI=1S/C7H7N3O2/c11-7-10-6(3-12-7)5-1-8-4-9-2-5/h1-2,4,6H,3H2,(H,10,11). The number of nitrogens with zero attached hydrogens (tertiary/aromatic N) is 2. The van der Waals surface area contributed by atoms with E-state index in [0.717, 1.165) is 5.56 Å². The summed E-state index contributed by atoms with van der Waals surface area (Å²) in [6.07, 6.45) is 4.38. The number of cyclic esters (lactones) is 1. The maximum absolute atomic E-state index is 10.7. The minimum Gasteiger partial charge on any atom is -0.447 e. The molecule has 1 atom stereocenters. The summed E-state index contributed by atoms with van der Waals surface area (Å²) in [4.78, 5) is 18.3. The van der Waals surface area contributed by atoms with Crippen molar-refractivity contribution in [2.24, 2.45) is 0 Å². The Labute approximate surface area is 68.8 Å². The van der Waals surface area contributed by atoms with E-state index < -0.39 is 0 Å². The summed E-state index contributed by atoms with van der Waals surface area (Å²) in [5, 5.41) is 2.63. The lowest BCUT2D eigenvalue weighted by Crippen LogP contribution is -2.18. The number of hydrogen-bond acceptors (Lipinski definition) is 4. The number of amides is 1. The number of aromatic nitrogens is 2. The second-order valence-electron chi connectivity index (χ2n) is 2.47. The minimum atomic E-state index is -0.385. The molecule has 0 saturated carbocycles. The summed E-state index contributed by atoms with van der Waals surface area (Å²) in [6.45, 7) is 0.353. The quantitative estimate of drug-likeness (QED) is 0.648. The number of rotatable bonds is 1. The number of carbonyl (C=O) groups excluding carboxylic acids is 1. The molecule has 2 heterocycles. The Balaban J connectivity index is 2.16. The van der Waals surface area contributed by atoms with E-state index in [1.807, 2.05) is 0 Å². The fourth-order valence-corrected chi connectivity index (χ4v) is 1.05. The van der Waals surface area contributed by atoms with E-state index in [1.54, 1.807) is 12.4 Å².